The van der Waals surface area contributed by atoms with Crippen molar-refractivity contribution in [3.8, 4) is 0 Å². The number of fused-ring (bicyclic) bond motifs is 1. The Bertz CT molecular complexity index is 630. The van der Waals surface area contributed by atoms with Crippen molar-refractivity contribution < 1.29 is 4.79 Å². The van der Waals surface area contributed by atoms with Gasteiger partial charge in [-0.25, -0.2) is 0 Å². The molecule has 2 heterocycles. The van der Waals surface area contributed by atoms with Crippen molar-refractivity contribution in [1.29, 1.82) is 0 Å². The van der Waals surface area contributed by atoms with E-state index in [1.807, 2.05) is 30.5 Å². The van der Waals surface area contributed by atoms with E-state index in [2.05, 4.69) is 15.2 Å². The number of nitrogens with two attached hydrogens (primary N) is 1. The zero-order valence-electron chi connectivity index (χ0n) is 12.0. The smallest absolute Gasteiger partial charge is 0.239 e. The van der Waals surface area contributed by atoms with Gasteiger partial charge in [0, 0.05) is 43.0 Å². The van der Waals surface area contributed by atoms with Crippen molar-refractivity contribution in [2.24, 2.45) is 5.73 Å². The first kappa shape index (κ1) is 14.0. The van der Waals surface area contributed by atoms with Crippen LogP contribution in [0, 0.1) is 0 Å². The second-order valence-corrected chi connectivity index (χ2v) is 5.39. The quantitative estimate of drug-likeness (QED) is 0.884. The summed E-state index contributed by atoms with van der Waals surface area (Å²) in [5.41, 5.74) is 6.62. The first-order chi connectivity index (χ1) is 10.3. The van der Waals surface area contributed by atoms with Gasteiger partial charge in [0.25, 0.3) is 0 Å². The van der Waals surface area contributed by atoms with E-state index in [9.17, 15) is 4.79 Å². The van der Waals surface area contributed by atoms with Crippen molar-refractivity contribution in [1.82, 2.24) is 15.2 Å². The molecule has 5 heteroatoms. The summed E-state index contributed by atoms with van der Waals surface area (Å²) in [6, 6.07) is 7.58. The van der Waals surface area contributed by atoms with Crippen LogP contribution < -0.4 is 11.1 Å². The van der Waals surface area contributed by atoms with E-state index in [-0.39, 0.29) is 5.91 Å². The zero-order valence-corrected chi connectivity index (χ0v) is 12.0. The number of carbonyl (C=O) groups is 1. The Kier molecular flexibility index (Phi) is 4.13. The fraction of sp³-hybridized carbons (Fsp3) is 0.375. The van der Waals surface area contributed by atoms with Crippen molar-refractivity contribution in [2.45, 2.75) is 12.5 Å². The summed E-state index contributed by atoms with van der Waals surface area (Å²) in [6.45, 7) is 3.54. The molecule has 0 bridgehead atoms. The standard InChI is InChI=1S/C16H20N4O/c17-16(21)15(20-8-3-6-18-7-9-20)14-11-19-10-12-4-1-2-5-13(12)14/h1-2,4-5,10-11,15,18H,3,6-9H2,(H2,17,21). The van der Waals surface area contributed by atoms with E-state index in [1.165, 1.54) is 0 Å². The molecule has 0 saturated carbocycles. The number of hydrogen-bond acceptors (Lipinski definition) is 4. The summed E-state index contributed by atoms with van der Waals surface area (Å²) < 4.78 is 0. The summed E-state index contributed by atoms with van der Waals surface area (Å²) in [7, 11) is 0. The van der Waals surface area contributed by atoms with Gasteiger partial charge in [0.05, 0.1) is 0 Å². The van der Waals surface area contributed by atoms with Crippen molar-refractivity contribution >= 4 is 16.7 Å². The van der Waals surface area contributed by atoms with Crippen molar-refractivity contribution in [3.05, 3.63) is 42.2 Å². The highest BCUT2D eigenvalue weighted by Gasteiger charge is 2.27. The summed E-state index contributed by atoms with van der Waals surface area (Å²) in [5.74, 6) is -0.310. The Morgan fingerprint density at radius 1 is 1.24 bits per heavy atom. The molecular formula is C16H20N4O. The first-order valence-electron chi connectivity index (χ1n) is 7.34. The number of nitrogens with one attached hydrogen (secondary N) is 1. The van der Waals surface area contributed by atoms with E-state index >= 15 is 0 Å². The molecular weight excluding hydrogens is 264 g/mol. The molecule has 1 aromatic carbocycles. The number of aromatic nitrogens is 1. The van der Waals surface area contributed by atoms with Crippen LogP contribution in [0.2, 0.25) is 0 Å². The molecule has 110 valence electrons. The molecule has 1 aliphatic rings. The third kappa shape index (κ3) is 2.89. The summed E-state index contributed by atoms with van der Waals surface area (Å²) >= 11 is 0. The highest BCUT2D eigenvalue weighted by Crippen LogP contribution is 2.27. The van der Waals surface area contributed by atoms with Crippen LogP contribution >= 0.6 is 0 Å². The maximum atomic E-state index is 12.1. The van der Waals surface area contributed by atoms with Gasteiger partial charge in [-0.1, -0.05) is 24.3 Å². The molecule has 1 aliphatic heterocycles. The lowest BCUT2D eigenvalue weighted by Crippen LogP contribution is -2.40. The molecule has 3 rings (SSSR count). The number of rotatable bonds is 3. The molecule has 0 radical (unpaired) electrons. The normalized spacial score (nSPS) is 18.3. The molecule has 21 heavy (non-hydrogen) atoms. The van der Waals surface area contributed by atoms with Crippen LogP contribution in [-0.2, 0) is 4.79 Å². The van der Waals surface area contributed by atoms with Crippen LogP contribution in [0.25, 0.3) is 10.8 Å². The second kappa shape index (κ2) is 6.20. The molecule has 5 nitrogen and oxygen atoms in total. The van der Waals surface area contributed by atoms with Gasteiger partial charge in [-0.15, -0.1) is 0 Å². The predicted molar refractivity (Wildman–Crippen MR) is 82.7 cm³/mol. The minimum Gasteiger partial charge on any atom is -0.368 e. The molecule has 1 amide bonds. The minimum atomic E-state index is -0.413. The fourth-order valence-electron chi connectivity index (χ4n) is 3.01. The highest BCUT2D eigenvalue weighted by atomic mass is 16.1. The summed E-state index contributed by atoms with van der Waals surface area (Å²) in [4.78, 5) is 18.5. The Morgan fingerprint density at radius 3 is 2.95 bits per heavy atom. The molecule has 1 unspecified atom stereocenters. The topological polar surface area (TPSA) is 71.2 Å². The molecule has 0 aliphatic carbocycles. The van der Waals surface area contributed by atoms with E-state index in [4.69, 9.17) is 5.73 Å². The number of amides is 1. The lowest BCUT2D eigenvalue weighted by atomic mass is 9.99. The van der Waals surface area contributed by atoms with Crippen LogP contribution in [0.3, 0.4) is 0 Å². The van der Waals surface area contributed by atoms with Crippen molar-refractivity contribution in [2.75, 3.05) is 26.2 Å². The van der Waals surface area contributed by atoms with Crippen LogP contribution in [0.4, 0.5) is 0 Å². The SMILES string of the molecule is NC(=O)C(c1cncc2ccccc12)N1CCCNCC1. The number of primary amides is 1. The molecule has 1 atom stereocenters. The predicted octanol–water partition coefficient (Wildman–Crippen LogP) is 1.06. The monoisotopic (exact) mass is 284 g/mol. The Morgan fingerprint density at radius 2 is 2.10 bits per heavy atom. The third-order valence-electron chi connectivity index (χ3n) is 4.00. The molecule has 2 aromatic rings. The maximum Gasteiger partial charge on any atom is 0.239 e. The molecule has 3 N–H and O–H groups in total. The number of benzene rings is 1. The minimum absolute atomic E-state index is 0.310. The zero-order chi connectivity index (χ0) is 14.7. The highest BCUT2D eigenvalue weighted by molar-refractivity contribution is 5.91. The van der Waals surface area contributed by atoms with Gasteiger partial charge >= 0.3 is 0 Å². The van der Waals surface area contributed by atoms with Gasteiger partial charge in [0.1, 0.15) is 6.04 Å². The van der Waals surface area contributed by atoms with Crippen LogP contribution in [0.5, 0.6) is 0 Å². The number of pyridine rings is 1. The second-order valence-electron chi connectivity index (χ2n) is 5.39. The van der Waals surface area contributed by atoms with E-state index in [0.29, 0.717) is 0 Å². The van der Waals surface area contributed by atoms with E-state index < -0.39 is 6.04 Å². The van der Waals surface area contributed by atoms with Gasteiger partial charge in [0.2, 0.25) is 5.91 Å². The molecule has 1 aromatic heterocycles. The first-order valence-corrected chi connectivity index (χ1v) is 7.34. The van der Waals surface area contributed by atoms with Gasteiger partial charge in [-0.05, 0) is 18.4 Å². The van der Waals surface area contributed by atoms with Crippen molar-refractivity contribution in [3.63, 3.8) is 0 Å². The Balaban J connectivity index is 2.05. The van der Waals surface area contributed by atoms with Crippen LogP contribution in [0.1, 0.15) is 18.0 Å². The number of carbonyl (C=O) groups excluding carboxylic acids is 1. The molecule has 0 spiro atoms. The lowest BCUT2D eigenvalue weighted by Gasteiger charge is -2.28. The number of nitrogens with zero attached hydrogens (tertiary/aromatic N) is 2. The largest absolute Gasteiger partial charge is 0.368 e. The summed E-state index contributed by atoms with van der Waals surface area (Å²) in [5, 5.41) is 5.44. The Hall–Kier alpha value is -1.98. The summed E-state index contributed by atoms with van der Waals surface area (Å²) in [6.07, 6.45) is 4.61. The van der Waals surface area contributed by atoms with Gasteiger partial charge in [-0.2, -0.15) is 0 Å². The lowest BCUT2D eigenvalue weighted by molar-refractivity contribution is -0.123. The average molecular weight is 284 g/mol. The van der Waals surface area contributed by atoms with Crippen LogP contribution in [0.15, 0.2) is 36.7 Å². The molecule has 1 fully saturated rings. The Labute approximate surface area is 124 Å². The van der Waals surface area contributed by atoms with E-state index in [0.717, 1.165) is 48.9 Å². The average Bonchev–Trinajstić information content (AvgIpc) is 2.77. The van der Waals surface area contributed by atoms with Crippen LogP contribution in [-0.4, -0.2) is 42.0 Å². The van der Waals surface area contributed by atoms with E-state index in [1.54, 1.807) is 6.20 Å². The fourth-order valence-corrected chi connectivity index (χ4v) is 3.01. The van der Waals surface area contributed by atoms with Gasteiger partial charge in [-0.3, -0.25) is 14.7 Å². The van der Waals surface area contributed by atoms with Gasteiger partial charge in [0.15, 0.2) is 0 Å². The maximum absolute atomic E-state index is 12.1. The third-order valence-corrected chi connectivity index (χ3v) is 4.00. The van der Waals surface area contributed by atoms with Gasteiger partial charge < -0.3 is 11.1 Å². The number of hydrogen-bond donors (Lipinski definition) is 2. The molecule has 1 saturated heterocycles.